The molecule has 18 heavy (non-hydrogen) atoms. The van der Waals surface area contributed by atoms with Crippen molar-refractivity contribution in [2.45, 2.75) is 6.54 Å². The minimum Gasteiger partial charge on any atom is -0.378 e. The van der Waals surface area contributed by atoms with E-state index in [1.165, 1.54) is 18.2 Å². The predicted molar refractivity (Wildman–Crippen MR) is 70.1 cm³/mol. The molecule has 0 bridgehead atoms. The van der Waals surface area contributed by atoms with Crippen molar-refractivity contribution in [1.82, 2.24) is 0 Å². The quantitative estimate of drug-likeness (QED) is 0.848. The number of rotatable bonds is 3. The van der Waals surface area contributed by atoms with Crippen LogP contribution >= 0.6 is 23.2 Å². The molecule has 1 nitrogen and oxygen atoms in total. The lowest BCUT2D eigenvalue weighted by molar-refractivity contribution is 0.610. The van der Waals surface area contributed by atoms with Crippen LogP contribution in [-0.2, 0) is 6.54 Å². The Morgan fingerprint density at radius 1 is 1.06 bits per heavy atom. The summed E-state index contributed by atoms with van der Waals surface area (Å²) in [6.07, 6.45) is 0. The fourth-order valence-corrected chi connectivity index (χ4v) is 1.83. The maximum Gasteiger partial charge on any atom is 0.164 e. The van der Waals surface area contributed by atoms with Crippen molar-refractivity contribution in [2.24, 2.45) is 0 Å². The zero-order valence-corrected chi connectivity index (χ0v) is 10.7. The lowest BCUT2D eigenvalue weighted by Crippen LogP contribution is -2.03. The molecule has 94 valence electrons. The number of halogens is 4. The highest BCUT2D eigenvalue weighted by atomic mass is 35.5. The van der Waals surface area contributed by atoms with E-state index >= 15 is 0 Å². The van der Waals surface area contributed by atoms with Gasteiger partial charge in [-0.2, -0.15) is 0 Å². The highest BCUT2D eigenvalue weighted by molar-refractivity contribution is 6.31. The molecule has 0 aliphatic heterocycles. The van der Waals surface area contributed by atoms with Crippen molar-refractivity contribution in [1.29, 1.82) is 0 Å². The van der Waals surface area contributed by atoms with Crippen LogP contribution in [0, 0.1) is 11.6 Å². The maximum absolute atomic E-state index is 13.6. The van der Waals surface area contributed by atoms with Crippen molar-refractivity contribution in [2.75, 3.05) is 5.32 Å². The second kappa shape index (κ2) is 5.55. The Morgan fingerprint density at radius 2 is 1.83 bits per heavy atom. The van der Waals surface area contributed by atoms with Gasteiger partial charge in [0.05, 0.1) is 10.7 Å². The number of nitrogens with one attached hydrogen (secondary N) is 1. The third-order valence-electron chi connectivity index (χ3n) is 2.44. The molecule has 0 atom stereocenters. The maximum atomic E-state index is 13.6. The summed E-state index contributed by atoms with van der Waals surface area (Å²) in [6.45, 7) is 0.153. The molecule has 0 heterocycles. The molecular weight excluding hydrogens is 279 g/mol. The highest BCUT2D eigenvalue weighted by Gasteiger charge is 2.07. The van der Waals surface area contributed by atoms with Crippen LogP contribution in [0.4, 0.5) is 14.5 Å². The first-order valence-electron chi connectivity index (χ1n) is 5.20. The first kappa shape index (κ1) is 13.1. The fraction of sp³-hybridized carbons (Fsp3) is 0.0769. The second-order valence-electron chi connectivity index (χ2n) is 3.69. The largest absolute Gasteiger partial charge is 0.378 e. The summed E-state index contributed by atoms with van der Waals surface area (Å²) >= 11 is 11.3. The summed E-state index contributed by atoms with van der Waals surface area (Å²) in [5, 5.41) is 3.14. The van der Waals surface area contributed by atoms with Crippen molar-refractivity contribution in [3.63, 3.8) is 0 Å². The number of anilines is 1. The number of hydrogen-bond donors (Lipinski definition) is 1. The first-order chi connectivity index (χ1) is 8.58. The van der Waals surface area contributed by atoms with Gasteiger partial charge in [-0.15, -0.1) is 0 Å². The molecule has 2 aromatic carbocycles. The molecule has 0 fully saturated rings. The smallest absolute Gasteiger partial charge is 0.164 e. The molecule has 0 amide bonds. The molecule has 5 heteroatoms. The first-order valence-corrected chi connectivity index (χ1v) is 5.95. The Labute approximate surface area is 113 Å². The molecule has 0 aliphatic carbocycles. The molecule has 0 saturated heterocycles. The van der Waals surface area contributed by atoms with Gasteiger partial charge in [0.2, 0.25) is 0 Å². The van der Waals surface area contributed by atoms with Gasteiger partial charge in [-0.25, -0.2) is 8.78 Å². The van der Waals surface area contributed by atoms with Crippen LogP contribution in [0.1, 0.15) is 5.56 Å². The molecule has 0 saturated carbocycles. The van der Waals surface area contributed by atoms with Gasteiger partial charge in [-0.1, -0.05) is 35.3 Å². The molecule has 0 aliphatic rings. The summed E-state index contributed by atoms with van der Waals surface area (Å²) in [6, 6.07) is 8.95. The number of hydrogen-bond acceptors (Lipinski definition) is 1. The van der Waals surface area contributed by atoms with Crippen LogP contribution in [0.5, 0.6) is 0 Å². The molecule has 2 rings (SSSR count). The summed E-state index contributed by atoms with van der Waals surface area (Å²) in [7, 11) is 0. The average Bonchev–Trinajstić information content (AvgIpc) is 2.33. The summed E-state index contributed by atoms with van der Waals surface area (Å²) in [4.78, 5) is 0. The molecule has 0 radical (unpaired) electrons. The zero-order valence-electron chi connectivity index (χ0n) is 9.18. The number of benzene rings is 2. The molecular formula is C13H9Cl2F2N. The standard InChI is InChI=1S/C13H9Cl2F2N/c14-9-5-4-8(11(16)6-9)7-18-12-3-1-2-10(15)13(12)17/h1-6,18H,7H2. The average molecular weight is 288 g/mol. The SMILES string of the molecule is Fc1cc(Cl)ccc1CNc1cccc(Cl)c1F. The Hall–Kier alpha value is -1.32. The van der Waals surface area contributed by atoms with Gasteiger partial charge >= 0.3 is 0 Å². The van der Waals surface area contributed by atoms with Gasteiger partial charge in [0.25, 0.3) is 0 Å². The van der Waals surface area contributed by atoms with Gasteiger partial charge in [0, 0.05) is 17.1 Å². The van der Waals surface area contributed by atoms with E-state index in [-0.39, 0.29) is 17.3 Å². The van der Waals surface area contributed by atoms with Crippen LogP contribution in [0.15, 0.2) is 36.4 Å². The van der Waals surface area contributed by atoms with E-state index in [4.69, 9.17) is 23.2 Å². The monoisotopic (exact) mass is 287 g/mol. The van der Waals surface area contributed by atoms with E-state index in [1.807, 2.05) is 0 Å². The highest BCUT2D eigenvalue weighted by Crippen LogP contribution is 2.23. The second-order valence-corrected chi connectivity index (χ2v) is 4.53. The lowest BCUT2D eigenvalue weighted by atomic mass is 10.2. The Kier molecular flexibility index (Phi) is 4.04. The van der Waals surface area contributed by atoms with Crippen LogP contribution < -0.4 is 5.32 Å². The van der Waals surface area contributed by atoms with Crippen LogP contribution in [0.2, 0.25) is 10.0 Å². The van der Waals surface area contributed by atoms with Crippen LogP contribution in [-0.4, -0.2) is 0 Å². The third kappa shape index (κ3) is 2.92. The van der Waals surface area contributed by atoms with Crippen molar-refractivity contribution < 1.29 is 8.78 Å². The zero-order chi connectivity index (χ0) is 13.1. The third-order valence-corrected chi connectivity index (χ3v) is 2.96. The van der Waals surface area contributed by atoms with Crippen molar-refractivity contribution >= 4 is 28.9 Å². The molecule has 0 unspecified atom stereocenters. The van der Waals surface area contributed by atoms with Crippen molar-refractivity contribution in [3.8, 4) is 0 Å². The minimum atomic E-state index is -0.548. The predicted octanol–water partition coefficient (Wildman–Crippen LogP) is 4.88. The summed E-state index contributed by atoms with van der Waals surface area (Å²) in [5.41, 5.74) is 0.635. The van der Waals surface area contributed by atoms with Crippen LogP contribution in [0.3, 0.4) is 0 Å². The van der Waals surface area contributed by atoms with Gasteiger partial charge in [-0.3, -0.25) is 0 Å². The van der Waals surface area contributed by atoms with Gasteiger partial charge in [0.1, 0.15) is 5.82 Å². The van der Waals surface area contributed by atoms with Gasteiger partial charge < -0.3 is 5.32 Å². The van der Waals surface area contributed by atoms with Crippen molar-refractivity contribution in [3.05, 3.63) is 63.6 Å². The van der Waals surface area contributed by atoms with Gasteiger partial charge in [-0.05, 0) is 24.3 Å². The van der Waals surface area contributed by atoms with E-state index in [0.29, 0.717) is 10.6 Å². The summed E-state index contributed by atoms with van der Waals surface area (Å²) in [5.74, 6) is -0.981. The Bertz CT molecular complexity index is 573. The van der Waals surface area contributed by atoms with Gasteiger partial charge in [0.15, 0.2) is 5.82 Å². The molecule has 2 aromatic rings. The lowest BCUT2D eigenvalue weighted by Gasteiger charge is -2.09. The van der Waals surface area contributed by atoms with E-state index in [0.717, 1.165) is 0 Å². The van der Waals surface area contributed by atoms with E-state index in [2.05, 4.69) is 5.32 Å². The Balaban J connectivity index is 2.14. The normalized spacial score (nSPS) is 10.4. The van der Waals surface area contributed by atoms with E-state index in [9.17, 15) is 8.78 Å². The fourth-order valence-electron chi connectivity index (χ4n) is 1.50. The molecule has 0 aromatic heterocycles. The van der Waals surface area contributed by atoms with E-state index < -0.39 is 11.6 Å². The molecule has 0 spiro atoms. The minimum absolute atomic E-state index is 0.0246. The molecule has 1 N–H and O–H groups in total. The Morgan fingerprint density at radius 3 is 2.56 bits per heavy atom. The topological polar surface area (TPSA) is 12.0 Å². The van der Waals surface area contributed by atoms with Crippen LogP contribution in [0.25, 0.3) is 0 Å². The summed E-state index contributed by atoms with van der Waals surface area (Å²) < 4.78 is 27.0. The van der Waals surface area contributed by atoms with E-state index in [1.54, 1.807) is 18.2 Å².